The summed E-state index contributed by atoms with van der Waals surface area (Å²) in [6, 6.07) is 6.65. The molecule has 2 rings (SSSR count). The van der Waals surface area contributed by atoms with Gasteiger partial charge in [0.2, 0.25) is 0 Å². The molecule has 0 saturated heterocycles. The molecule has 20 heavy (non-hydrogen) atoms. The first-order valence-electron chi connectivity index (χ1n) is 5.57. The molecule has 1 atom stereocenters. The summed E-state index contributed by atoms with van der Waals surface area (Å²) in [5, 5.41) is 12.3. The zero-order valence-corrected chi connectivity index (χ0v) is 12.0. The average molecular weight is 312 g/mol. The van der Waals surface area contributed by atoms with Gasteiger partial charge in [0, 0.05) is 5.02 Å². The highest BCUT2D eigenvalue weighted by molar-refractivity contribution is 7.51. The zero-order chi connectivity index (χ0) is 14.7. The number of rotatable bonds is 4. The van der Waals surface area contributed by atoms with Crippen LogP contribution in [0.5, 0.6) is 0 Å². The lowest BCUT2D eigenvalue weighted by atomic mass is 10.2. The smallest absolute Gasteiger partial charge is 0.311 e. The molecule has 1 aromatic carbocycles. The lowest BCUT2D eigenvalue weighted by molar-refractivity contribution is -0.233. The number of ether oxygens (including phenoxy) is 1. The Morgan fingerprint density at radius 1 is 1.35 bits per heavy atom. The first-order chi connectivity index (χ1) is 9.51. The molecule has 104 valence electrons. The van der Waals surface area contributed by atoms with Crippen molar-refractivity contribution in [3.8, 4) is 10.6 Å². The molecule has 0 saturated carbocycles. The molecule has 0 aliphatic carbocycles. The fourth-order valence-corrected chi connectivity index (χ4v) is 3.12. The summed E-state index contributed by atoms with van der Waals surface area (Å²) in [6.07, 6.45) is -0.0651. The molecular weight excluding hydrogens is 302 g/mol. The van der Waals surface area contributed by atoms with Gasteiger partial charge < -0.3 is 14.6 Å². The van der Waals surface area contributed by atoms with Crippen LogP contribution < -0.4 is 5.11 Å². The predicted molar refractivity (Wildman–Crippen MR) is 73.7 cm³/mol. The van der Waals surface area contributed by atoms with Crippen molar-refractivity contribution in [2.75, 3.05) is 7.11 Å². The summed E-state index contributed by atoms with van der Waals surface area (Å²) >= 11 is 5.79. The Balaban J connectivity index is 2.43. The number of carboxylic acid groups (broad SMARTS) is 1. The van der Waals surface area contributed by atoms with Gasteiger partial charge in [-0.25, -0.2) is 0 Å². The van der Waals surface area contributed by atoms with Gasteiger partial charge in [0.25, 0.3) is 5.01 Å². The molecule has 0 bridgehead atoms. The number of carbonyl (C=O) groups excluding carboxylic acids is 2. The molecule has 0 radical (unpaired) electrons. The number of esters is 1. The highest BCUT2D eigenvalue weighted by Crippen LogP contribution is 2.34. The number of benzene rings is 1. The number of nitrogens with zero attached hydrogens (tertiary/aromatic N) is 1. The van der Waals surface area contributed by atoms with E-state index in [1.54, 1.807) is 24.3 Å². The molecule has 1 unspecified atom stereocenters. The fraction of sp³-hybridized carbons (Fsp3) is 0.154. The molecule has 0 fully saturated rings. The summed E-state index contributed by atoms with van der Waals surface area (Å²) in [7, 11) is -0.0161. The van der Waals surface area contributed by atoms with Gasteiger partial charge in [-0.3, -0.25) is 4.79 Å². The van der Waals surface area contributed by atoms with Crippen LogP contribution in [0.4, 0.5) is 4.79 Å². The van der Waals surface area contributed by atoms with Crippen LogP contribution in [-0.4, -0.2) is 23.4 Å². The molecule has 0 amide bonds. The van der Waals surface area contributed by atoms with Crippen LogP contribution >= 0.6 is 22.1 Å². The van der Waals surface area contributed by atoms with Crippen LogP contribution in [0, 0.1) is 0 Å². The van der Waals surface area contributed by atoms with Gasteiger partial charge in [-0.15, -0.1) is 0 Å². The highest BCUT2D eigenvalue weighted by Gasteiger charge is 2.24. The minimum absolute atomic E-state index is 0.0651. The maximum Gasteiger partial charge on any atom is 0.311 e. The Bertz CT molecular complexity index is 651. The lowest BCUT2D eigenvalue weighted by Crippen LogP contribution is -2.16. The molecule has 0 spiro atoms. The average Bonchev–Trinajstić information content (AvgIpc) is 2.83. The lowest BCUT2D eigenvalue weighted by Gasteiger charge is -1.95. The topological polar surface area (TPSA) is 79.3 Å². The van der Waals surface area contributed by atoms with Gasteiger partial charge in [-0.1, -0.05) is 11.6 Å². The molecule has 0 aliphatic heterocycles. The van der Waals surface area contributed by atoms with Crippen molar-refractivity contribution in [3.05, 3.63) is 40.4 Å². The summed E-state index contributed by atoms with van der Waals surface area (Å²) < 4.78 is 4.54. The van der Waals surface area contributed by atoms with E-state index in [1.165, 1.54) is 12.5 Å². The number of thiazole rings is 1. The molecule has 2 aromatic rings. The Hall–Kier alpha value is -1.92. The predicted octanol–water partition coefficient (Wildman–Crippen LogP) is 2.06. The number of methoxy groups -OCH3 is 1. The quantitative estimate of drug-likeness (QED) is 0.638. The van der Waals surface area contributed by atoms with Crippen LogP contribution in [0.3, 0.4) is 0 Å². The van der Waals surface area contributed by atoms with Crippen LogP contribution in [-0.2, 0) is 16.0 Å². The third kappa shape index (κ3) is 3.15. The third-order valence-electron chi connectivity index (χ3n) is 2.53. The van der Waals surface area contributed by atoms with Crippen molar-refractivity contribution in [1.82, 2.24) is 4.98 Å². The van der Waals surface area contributed by atoms with Crippen molar-refractivity contribution in [3.63, 3.8) is 0 Å². The van der Waals surface area contributed by atoms with Crippen LogP contribution in [0.25, 0.3) is 10.6 Å². The largest absolute Gasteiger partial charge is 0.500 e. The van der Waals surface area contributed by atoms with E-state index in [1.807, 2.05) is 0 Å². The summed E-state index contributed by atoms with van der Waals surface area (Å²) in [5.41, 5.74) is 1.01. The van der Waals surface area contributed by atoms with E-state index in [2.05, 4.69) is 9.72 Å². The van der Waals surface area contributed by atoms with Gasteiger partial charge in [0.1, 0.15) is 5.69 Å². The molecule has 0 aliphatic rings. The van der Waals surface area contributed by atoms with E-state index in [0.717, 1.165) is 0 Å². The van der Waals surface area contributed by atoms with E-state index in [-0.39, 0.29) is 6.42 Å². The first-order valence-corrected chi connectivity index (χ1v) is 7.24. The van der Waals surface area contributed by atoms with Gasteiger partial charge in [-0.05, 0) is 24.3 Å². The van der Waals surface area contributed by atoms with E-state index < -0.39 is 21.7 Å². The molecule has 1 aromatic heterocycles. The van der Waals surface area contributed by atoms with Gasteiger partial charge >= 0.3 is 11.3 Å². The Kier molecular flexibility index (Phi) is 4.36. The second-order valence-corrected chi connectivity index (χ2v) is 5.94. The number of carbonyl (C=O) groups is 2. The maximum atomic E-state index is 11.2. The molecule has 1 heterocycles. The SMILES string of the molecule is COC(=O)Cc1c[s+](C(=O)[O-])c(-c2ccc(Cl)cc2)n1. The third-order valence-corrected chi connectivity index (χ3v) is 4.39. The van der Waals surface area contributed by atoms with Crippen LogP contribution in [0.15, 0.2) is 29.6 Å². The van der Waals surface area contributed by atoms with Crippen molar-refractivity contribution in [2.45, 2.75) is 6.42 Å². The van der Waals surface area contributed by atoms with E-state index in [0.29, 0.717) is 21.3 Å². The number of aromatic nitrogens is 1. The Morgan fingerprint density at radius 2 is 2.00 bits per heavy atom. The summed E-state index contributed by atoms with van der Waals surface area (Å²) in [6.45, 7) is 0. The van der Waals surface area contributed by atoms with E-state index in [4.69, 9.17) is 11.6 Å². The maximum absolute atomic E-state index is 11.2. The van der Waals surface area contributed by atoms with Gasteiger partial charge in [0.15, 0.2) is 5.38 Å². The first kappa shape index (κ1) is 14.5. The van der Waals surface area contributed by atoms with Crippen LogP contribution in [0.2, 0.25) is 5.02 Å². The summed E-state index contributed by atoms with van der Waals surface area (Å²) in [5.74, 6) is -0.473. The minimum atomic E-state index is -1.28. The normalized spacial score (nSPS) is 11.2. The number of halogens is 1. The molecule has 5 nitrogen and oxygen atoms in total. The minimum Gasteiger partial charge on any atom is -0.500 e. The van der Waals surface area contributed by atoms with Gasteiger partial charge in [0.05, 0.1) is 29.6 Å². The Morgan fingerprint density at radius 3 is 2.55 bits per heavy atom. The van der Waals surface area contributed by atoms with E-state index in [9.17, 15) is 14.7 Å². The van der Waals surface area contributed by atoms with Crippen LogP contribution in [0.1, 0.15) is 5.69 Å². The highest BCUT2D eigenvalue weighted by atomic mass is 35.5. The number of hydrogen-bond acceptors (Lipinski definition) is 5. The Labute approximate surface area is 122 Å². The van der Waals surface area contributed by atoms with Crippen molar-refractivity contribution in [1.29, 1.82) is 0 Å². The standard InChI is InChI=1S/C13H10ClNO4S/c1-19-11(16)6-10-7-20(13(17)18)12(15-10)8-2-4-9(14)5-3-8/h2-5,7H,6H2,1H3. The second kappa shape index (κ2) is 6.02. The summed E-state index contributed by atoms with van der Waals surface area (Å²) in [4.78, 5) is 26.6. The van der Waals surface area contributed by atoms with Gasteiger partial charge in [-0.2, -0.15) is 4.98 Å². The zero-order valence-electron chi connectivity index (χ0n) is 10.5. The molecule has 7 heteroatoms. The van der Waals surface area contributed by atoms with Crippen molar-refractivity contribution >= 4 is 33.3 Å². The van der Waals surface area contributed by atoms with E-state index >= 15 is 0 Å². The molecular formula is C13H10ClNO4S. The second-order valence-electron chi connectivity index (χ2n) is 3.87. The van der Waals surface area contributed by atoms with Crippen molar-refractivity contribution < 1.29 is 19.4 Å². The monoisotopic (exact) mass is 311 g/mol. The number of hydrogen-bond donors (Lipinski definition) is 0. The fourth-order valence-electron chi connectivity index (χ4n) is 1.61. The molecule has 0 N–H and O–H groups in total. The van der Waals surface area contributed by atoms with Crippen molar-refractivity contribution in [2.24, 2.45) is 0 Å².